The van der Waals surface area contributed by atoms with Crippen LogP contribution in [0.4, 0.5) is 0 Å². The number of aromatic amines is 1. The molecule has 22 heavy (non-hydrogen) atoms. The Hall–Kier alpha value is -1.77. The molecule has 0 unspecified atom stereocenters. The molecule has 118 valence electrons. The van der Waals surface area contributed by atoms with Crippen LogP contribution < -0.4 is 0 Å². The van der Waals surface area contributed by atoms with Crippen LogP contribution in [0.2, 0.25) is 0 Å². The summed E-state index contributed by atoms with van der Waals surface area (Å²) in [5.74, 6) is -0.107. The number of rotatable bonds is 5. The zero-order chi connectivity index (χ0) is 15.6. The van der Waals surface area contributed by atoms with Crippen LogP contribution in [0.3, 0.4) is 0 Å². The minimum Gasteiger partial charge on any atom is -0.379 e. The van der Waals surface area contributed by atoms with Gasteiger partial charge in [0.25, 0.3) is 0 Å². The van der Waals surface area contributed by atoms with Crippen LogP contribution in [0, 0.1) is 0 Å². The van der Waals surface area contributed by atoms with E-state index in [1.807, 2.05) is 30.3 Å². The number of benzene rings is 1. The molecule has 0 amide bonds. The summed E-state index contributed by atoms with van der Waals surface area (Å²) in [6, 6.07) is 9.18. The summed E-state index contributed by atoms with van der Waals surface area (Å²) in [5, 5.41) is 10.4. The number of nitrogens with zero attached hydrogens (tertiary/aromatic N) is 3. The van der Waals surface area contributed by atoms with Gasteiger partial charge in [0.15, 0.2) is 0 Å². The molecule has 0 radical (unpaired) electrons. The predicted octanol–water partition coefficient (Wildman–Crippen LogP) is 0.749. The quantitative estimate of drug-likeness (QED) is 0.877. The van der Waals surface area contributed by atoms with Gasteiger partial charge in [-0.15, -0.1) is 0 Å². The summed E-state index contributed by atoms with van der Waals surface area (Å²) in [4.78, 5) is 0. The molecule has 8 heteroatoms. The molecule has 2 aromatic rings. The zero-order valence-corrected chi connectivity index (χ0v) is 13.0. The number of ether oxygens (including phenoxy) is 1. The van der Waals surface area contributed by atoms with Crippen molar-refractivity contribution in [2.24, 2.45) is 0 Å². The van der Waals surface area contributed by atoms with E-state index in [4.69, 9.17) is 4.74 Å². The molecular formula is C14H18N4O3S. The largest absolute Gasteiger partial charge is 0.379 e. The summed E-state index contributed by atoms with van der Waals surface area (Å²) in [7, 11) is -1.80. The predicted molar refractivity (Wildman–Crippen MR) is 80.6 cm³/mol. The second kappa shape index (κ2) is 6.15. The first-order valence-corrected chi connectivity index (χ1v) is 8.61. The van der Waals surface area contributed by atoms with Gasteiger partial charge >= 0.3 is 0 Å². The van der Waals surface area contributed by atoms with Gasteiger partial charge in [0.2, 0.25) is 10.0 Å². The maximum Gasteiger partial charge on any atom is 0.218 e. The van der Waals surface area contributed by atoms with Crippen molar-refractivity contribution < 1.29 is 13.2 Å². The fraction of sp³-hybridized carbons (Fsp3) is 0.429. The lowest BCUT2D eigenvalue weighted by atomic mass is 10.0. The molecule has 1 N–H and O–H groups in total. The van der Waals surface area contributed by atoms with Crippen molar-refractivity contribution in [1.29, 1.82) is 0 Å². The van der Waals surface area contributed by atoms with E-state index < -0.39 is 10.0 Å². The van der Waals surface area contributed by atoms with Gasteiger partial charge in [-0.2, -0.15) is 19.7 Å². The first-order chi connectivity index (χ1) is 10.6. The van der Waals surface area contributed by atoms with E-state index in [1.54, 1.807) is 13.3 Å². The lowest BCUT2D eigenvalue weighted by molar-refractivity contribution is 0.101. The zero-order valence-electron chi connectivity index (χ0n) is 12.2. The van der Waals surface area contributed by atoms with Gasteiger partial charge in [-0.25, -0.2) is 8.42 Å². The molecule has 2 heterocycles. The van der Waals surface area contributed by atoms with Crippen LogP contribution in [0.5, 0.6) is 0 Å². The molecule has 0 saturated carbocycles. The van der Waals surface area contributed by atoms with E-state index >= 15 is 0 Å². The molecule has 2 atom stereocenters. The van der Waals surface area contributed by atoms with Crippen LogP contribution >= 0.6 is 0 Å². The Morgan fingerprint density at radius 2 is 2.09 bits per heavy atom. The topological polar surface area (TPSA) is 88.2 Å². The monoisotopic (exact) mass is 322 g/mol. The molecule has 1 aliphatic rings. The average Bonchev–Trinajstić information content (AvgIpc) is 3.17. The number of sulfonamides is 1. The Kier molecular flexibility index (Phi) is 4.23. The van der Waals surface area contributed by atoms with Crippen LogP contribution in [0.25, 0.3) is 0 Å². The van der Waals surface area contributed by atoms with Gasteiger partial charge in [0, 0.05) is 26.1 Å². The molecule has 1 saturated heterocycles. The van der Waals surface area contributed by atoms with Crippen molar-refractivity contribution in [3.63, 3.8) is 0 Å². The van der Waals surface area contributed by atoms with Gasteiger partial charge in [-0.1, -0.05) is 30.3 Å². The standard InChI is InChI=1S/C14H18N4O3S/c1-21-14-9-18(8-12(14)13-7-15-17-16-13)22(19,20)10-11-5-3-2-4-6-11/h2-7,12,14H,8-10H2,1H3,(H,15,16,17)/t12-,14+/m0/s1. The molecule has 0 spiro atoms. The van der Waals surface area contributed by atoms with E-state index in [-0.39, 0.29) is 17.8 Å². The van der Waals surface area contributed by atoms with Gasteiger partial charge in [0.1, 0.15) is 0 Å². The molecular weight excluding hydrogens is 304 g/mol. The molecule has 1 aromatic heterocycles. The molecule has 0 aliphatic carbocycles. The minimum atomic E-state index is -3.39. The second-order valence-corrected chi connectivity index (χ2v) is 7.30. The Balaban J connectivity index is 1.78. The summed E-state index contributed by atoms with van der Waals surface area (Å²) < 4.78 is 32.1. The van der Waals surface area contributed by atoms with Crippen molar-refractivity contribution in [2.75, 3.05) is 20.2 Å². The lowest BCUT2D eigenvalue weighted by Gasteiger charge is -2.16. The Labute approximate surface area is 129 Å². The average molecular weight is 322 g/mol. The first-order valence-electron chi connectivity index (χ1n) is 7.00. The van der Waals surface area contributed by atoms with Gasteiger partial charge < -0.3 is 4.74 Å². The molecule has 1 aromatic carbocycles. The Bertz CT molecular complexity index is 703. The summed E-state index contributed by atoms with van der Waals surface area (Å²) in [6.45, 7) is 0.698. The van der Waals surface area contributed by atoms with Crippen LogP contribution in [-0.2, 0) is 20.5 Å². The third-order valence-corrected chi connectivity index (χ3v) is 5.72. The summed E-state index contributed by atoms with van der Waals surface area (Å²) in [6.07, 6.45) is 1.40. The van der Waals surface area contributed by atoms with E-state index in [2.05, 4.69) is 15.4 Å². The van der Waals surface area contributed by atoms with Gasteiger partial charge in [-0.05, 0) is 5.56 Å². The number of hydrogen-bond donors (Lipinski definition) is 1. The van der Waals surface area contributed by atoms with Crippen molar-refractivity contribution in [3.8, 4) is 0 Å². The number of methoxy groups -OCH3 is 1. The normalized spacial score (nSPS) is 23.0. The molecule has 0 bridgehead atoms. The number of H-pyrrole nitrogens is 1. The Morgan fingerprint density at radius 1 is 1.32 bits per heavy atom. The smallest absolute Gasteiger partial charge is 0.218 e. The van der Waals surface area contributed by atoms with E-state index in [0.29, 0.717) is 13.1 Å². The van der Waals surface area contributed by atoms with Crippen molar-refractivity contribution in [3.05, 3.63) is 47.8 Å². The number of aromatic nitrogens is 3. The minimum absolute atomic E-state index is 0.00416. The Morgan fingerprint density at radius 3 is 2.73 bits per heavy atom. The lowest BCUT2D eigenvalue weighted by Crippen LogP contribution is -2.31. The van der Waals surface area contributed by atoms with Gasteiger partial charge in [0.05, 0.1) is 23.7 Å². The highest BCUT2D eigenvalue weighted by atomic mass is 32.2. The van der Waals surface area contributed by atoms with Crippen molar-refractivity contribution >= 4 is 10.0 Å². The summed E-state index contributed by atoms with van der Waals surface area (Å²) in [5.41, 5.74) is 1.51. The third kappa shape index (κ3) is 3.03. The van der Waals surface area contributed by atoms with Crippen LogP contribution in [-0.4, -0.2) is 54.4 Å². The highest BCUT2D eigenvalue weighted by Crippen LogP contribution is 2.30. The molecule has 7 nitrogen and oxygen atoms in total. The third-order valence-electron chi connectivity index (χ3n) is 3.93. The fourth-order valence-electron chi connectivity index (χ4n) is 2.75. The first kappa shape index (κ1) is 15.1. The SMILES string of the molecule is CO[C@@H]1CN(S(=O)(=O)Cc2ccccc2)C[C@H]1c1cn[nH]n1. The van der Waals surface area contributed by atoms with Gasteiger partial charge in [-0.3, -0.25) is 0 Å². The van der Waals surface area contributed by atoms with E-state index in [1.165, 1.54) is 4.31 Å². The highest BCUT2D eigenvalue weighted by Gasteiger charge is 2.40. The maximum absolute atomic E-state index is 12.6. The number of nitrogens with one attached hydrogen (secondary N) is 1. The van der Waals surface area contributed by atoms with Crippen molar-refractivity contribution in [1.82, 2.24) is 19.7 Å². The fourth-order valence-corrected chi connectivity index (χ4v) is 4.31. The molecule has 1 aliphatic heterocycles. The van der Waals surface area contributed by atoms with E-state index in [9.17, 15) is 8.42 Å². The van der Waals surface area contributed by atoms with Crippen molar-refractivity contribution in [2.45, 2.75) is 17.8 Å². The molecule has 3 rings (SSSR count). The maximum atomic E-state index is 12.6. The van der Waals surface area contributed by atoms with E-state index in [0.717, 1.165) is 11.3 Å². The number of hydrogen-bond acceptors (Lipinski definition) is 5. The van der Waals surface area contributed by atoms with Crippen LogP contribution in [0.15, 0.2) is 36.5 Å². The highest BCUT2D eigenvalue weighted by molar-refractivity contribution is 7.88. The molecule has 1 fully saturated rings. The second-order valence-electron chi connectivity index (χ2n) is 5.33. The van der Waals surface area contributed by atoms with Crippen LogP contribution in [0.1, 0.15) is 17.2 Å². The summed E-state index contributed by atoms with van der Waals surface area (Å²) >= 11 is 0.